The molecule has 9 nitrogen and oxygen atoms in total. The van der Waals surface area contributed by atoms with E-state index in [9.17, 15) is 9.59 Å². The second-order valence-electron chi connectivity index (χ2n) is 5.00. The summed E-state index contributed by atoms with van der Waals surface area (Å²) >= 11 is 0. The van der Waals surface area contributed by atoms with Crippen LogP contribution >= 0.6 is 0 Å². The normalized spacial score (nSPS) is 11.7. The standard InChI is InChI=1S/C15H14N6O3/c1-10(17-15(23)11-6-7-24-8-11)14(22)18-12-2-4-13(5-3-12)21-9-16-19-20-21/h2-10H,1H3,(H,17,23)(H,18,22)/t10-/m1/s1. The van der Waals surface area contributed by atoms with E-state index in [1.807, 2.05) is 0 Å². The average molecular weight is 326 g/mol. The van der Waals surface area contributed by atoms with Crippen molar-refractivity contribution in [2.45, 2.75) is 13.0 Å². The van der Waals surface area contributed by atoms with Crippen molar-refractivity contribution in [3.05, 3.63) is 54.7 Å². The van der Waals surface area contributed by atoms with Crippen LogP contribution in [0.1, 0.15) is 17.3 Å². The molecule has 0 aliphatic rings. The predicted octanol–water partition coefficient (Wildman–Crippen LogP) is 1.01. The Morgan fingerprint density at radius 2 is 2.00 bits per heavy atom. The number of rotatable bonds is 5. The molecule has 0 saturated heterocycles. The van der Waals surface area contributed by atoms with Crippen molar-refractivity contribution in [2.75, 3.05) is 5.32 Å². The van der Waals surface area contributed by atoms with E-state index in [2.05, 4.69) is 26.2 Å². The summed E-state index contributed by atoms with van der Waals surface area (Å²) in [7, 11) is 0. The van der Waals surface area contributed by atoms with Crippen LogP contribution in [-0.2, 0) is 4.79 Å². The fourth-order valence-electron chi connectivity index (χ4n) is 1.97. The summed E-state index contributed by atoms with van der Waals surface area (Å²) in [6.07, 6.45) is 4.19. The van der Waals surface area contributed by atoms with E-state index in [4.69, 9.17) is 4.42 Å². The first-order valence-corrected chi connectivity index (χ1v) is 7.11. The van der Waals surface area contributed by atoms with Gasteiger partial charge in [0.15, 0.2) is 0 Å². The van der Waals surface area contributed by atoms with Crippen molar-refractivity contribution in [3.63, 3.8) is 0 Å². The molecule has 2 heterocycles. The molecule has 0 radical (unpaired) electrons. The lowest BCUT2D eigenvalue weighted by molar-refractivity contribution is -0.117. The monoisotopic (exact) mass is 326 g/mol. The quantitative estimate of drug-likeness (QED) is 0.723. The number of amides is 2. The van der Waals surface area contributed by atoms with Crippen molar-refractivity contribution < 1.29 is 14.0 Å². The Labute approximate surface area is 136 Å². The number of furan rings is 1. The fraction of sp³-hybridized carbons (Fsp3) is 0.133. The van der Waals surface area contributed by atoms with Crippen LogP contribution < -0.4 is 10.6 Å². The van der Waals surface area contributed by atoms with E-state index in [1.54, 1.807) is 31.2 Å². The zero-order valence-electron chi connectivity index (χ0n) is 12.7. The van der Waals surface area contributed by atoms with Gasteiger partial charge in [-0.3, -0.25) is 9.59 Å². The van der Waals surface area contributed by atoms with Crippen molar-refractivity contribution in [3.8, 4) is 5.69 Å². The molecule has 24 heavy (non-hydrogen) atoms. The summed E-state index contributed by atoms with van der Waals surface area (Å²) in [5.74, 6) is -0.706. The summed E-state index contributed by atoms with van der Waals surface area (Å²) in [4.78, 5) is 24.0. The molecule has 3 aromatic rings. The molecule has 122 valence electrons. The number of carbonyl (C=O) groups excluding carboxylic acids is 2. The van der Waals surface area contributed by atoms with Gasteiger partial charge in [0.1, 0.15) is 18.6 Å². The Morgan fingerprint density at radius 3 is 2.62 bits per heavy atom. The maximum absolute atomic E-state index is 12.1. The summed E-state index contributed by atoms with van der Waals surface area (Å²) in [5, 5.41) is 16.2. The van der Waals surface area contributed by atoms with Crippen LogP contribution in [0.5, 0.6) is 0 Å². The van der Waals surface area contributed by atoms with Crippen LogP contribution in [0.2, 0.25) is 0 Å². The van der Waals surface area contributed by atoms with Gasteiger partial charge in [-0.05, 0) is 47.7 Å². The first kappa shape index (κ1) is 15.4. The molecule has 0 spiro atoms. The third kappa shape index (κ3) is 3.46. The van der Waals surface area contributed by atoms with Crippen LogP contribution in [0.15, 0.2) is 53.6 Å². The zero-order chi connectivity index (χ0) is 16.9. The smallest absolute Gasteiger partial charge is 0.255 e. The number of aromatic nitrogens is 4. The zero-order valence-corrected chi connectivity index (χ0v) is 12.7. The van der Waals surface area contributed by atoms with E-state index < -0.39 is 6.04 Å². The molecule has 9 heteroatoms. The molecular weight excluding hydrogens is 312 g/mol. The van der Waals surface area contributed by atoms with E-state index in [0.29, 0.717) is 11.3 Å². The number of carbonyl (C=O) groups is 2. The maximum atomic E-state index is 12.1. The van der Waals surface area contributed by atoms with E-state index in [-0.39, 0.29) is 11.8 Å². The van der Waals surface area contributed by atoms with Gasteiger partial charge < -0.3 is 15.1 Å². The summed E-state index contributed by atoms with van der Waals surface area (Å²) < 4.78 is 6.34. The number of nitrogens with one attached hydrogen (secondary N) is 2. The minimum atomic E-state index is -0.702. The highest BCUT2D eigenvalue weighted by Gasteiger charge is 2.17. The van der Waals surface area contributed by atoms with Crippen molar-refractivity contribution >= 4 is 17.5 Å². The molecule has 0 fully saturated rings. The topological polar surface area (TPSA) is 115 Å². The lowest BCUT2D eigenvalue weighted by Crippen LogP contribution is -2.41. The SMILES string of the molecule is C[C@@H](NC(=O)c1ccoc1)C(=O)Nc1ccc(-n2cnnn2)cc1. The molecule has 1 atom stereocenters. The van der Waals surface area contributed by atoms with Crippen LogP contribution in [-0.4, -0.2) is 38.1 Å². The molecule has 2 aromatic heterocycles. The molecule has 2 N–H and O–H groups in total. The van der Waals surface area contributed by atoms with Gasteiger partial charge in [0.05, 0.1) is 17.5 Å². The summed E-state index contributed by atoms with van der Waals surface area (Å²) in [6.45, 7) is 1.60. The number of hydrogen-bond acceptors (Lipinski definition) is 6. The molecule has 0 saturated carbocycles. The van der Waals surface area contributed by atoms with Gasteiger partial charge in [-0.2, -0.15) is 0 Å². The molecule has 1 aromatic carbocycles. The summed E-state index contributed by atoms with van der Waals surface area (Å²) in [5.41, 5.74) is 1.72. The molecule has 0 aliphatic carbocycles. The Kier molecular flexibility index (Phi) is 4.32. The number of anilines is 1. The Bertz CT molecular complexity index is 812. The first-order valence-electron chi connectivity index (χ1n) is 7.11. The second kappa shape index (κ2) is 6.73. The number of tetrazole rings is 1. The lowest BCUT2D eigenvalue weighted by Gasteiger charge is -2.13. The fourth-order valence-corrected chi connectivity index (χ4v) is 1.97. The Hall–Kier alpha value is -3.49. The number of benzene rings is 1. The highest BCUT2D eigenvalue weighted by Crippen LogP contribution is 2.12. The molecule has 0 aliphatic heterocycles. The van der Waals surface area contributed by atoms with Crippen LogP contribution in [0.3, 0.4) is 0 Å². The molecule has 0 bridgehead atoms. The van der Waals surface area contributed by atoms with Gasteiger partial charge in [0.25, 0.3) is 5.91 Å². The number of hydrogen-bond donors (Lipinski definition) is 2. The van der Waals surface area contributed by atoms with Crippen LogP contribution in [0, 0.1) is 0 Å². The molecule has 3 rings (SSSR count). The predicted molar refractivity (Wildman–Crippen MR) is 83.4 cm³/mol. The Balaban J connectivity index is 1.59. The maximum Gasteiger partial charge on any atom is 0.255 e. The van der Waals surface area contributed by atoms with Crippen molar-refractivity contribution in [1.82, 2.24) is 25.5 Å². The highest BCUT2D eigenvalue weighted by molar-refractivity contribution is 6.00. The molecular formula is C15H14N6O3. The van der Waals surface area contributed by atoms with Gasteiger partial charge in [-0.25, -0.2) is 4.68 Å². The summed E-state index contributed by atoms with van der Waals surface area (Å²) in [6, 6.07) is 7.80. The lowest BCUT2D eigenvalue weighted by atomic mass is 10.2. The van der Waals surface area contributed by atoms with Gasteiger partial charge in [-0.1, -0.05) is 0 Å². The van der Waals surface area contributed by atoms with Crippen LogP contribution in [0.25, 0.3) is 5.69 Å². The first-order chi connectivity index (χ1) is 11.6. The largest absolute Gasteiger partial charge is 0.472 e. The van der Waals surface area contributed by atoms with Crippen molar-refractivity contribution in [1.29, 1.82) is 0 Å². The molecule has 0 unspecified atom stereocenters. The number of nitrogens with zero attached hydrogens (tertiary/aromatic N) is 4. The average Bonchev–Trinajstić information content (AvgIpc) is 3.29. The van der Waals surface area contributed by atoms with Crippen molar-refractivity contribution in [2.24, 2.45) is 0 Å². The van der Waals surface area contributed by atoms with E-state index >= 15 is 0 Å². The van der Waals surface area contributed by atoms with E-state index in [1.165, 1.54) is 29.6 Å². The second-order valence-corrected chi connectivity index (χ2v) is 5.00. The Morgan fingerprint density at radius 1 is 1.21 bits per heavy atom. The molecule has 2 amide bonds. The van der Waals surface area contributed by atoms with Gasteiger partial charge >= 0.3 is 0 Å². The third-order valence-corrected chi connectivity index (χ3v) is 3.27. The highest BCUT2D eigenvalue weighted by atomic mass is 16.3. The van der Waals surface area contributed by atoms with Crippen LogP contribution in [0.4, 0.5) is 5.69 Å². The van der Waals surface area contributed by atoms with Gasteiger partial charge in [-0.15, -0.1) is 5.10 Å². The minimum absolute atomic E-state index is 0.331. The minimum Gasteiger partial charge on any atom is -0.472 e. The van der Waals surface area contributed by atoms with Gasteiger partial charge in [0, 0.05) is 5.69 Å². The van der Waals surface area contributed by atoms with Gasteiger partial charge in [0.2, 0.25) is 5.91 Å². The third-order valence-electron chi connectivity index (χ3n) is 3.27. The van der Waals surface area contributed by atoms with E-state index in [0.717, 1.165) is 5.69 Å².